The molecule has 3 nitrogen and oxygen atoms in total. The van der Waals surface area contributed by atoms with Gasteiger partial charge in [0.05, 0.1) is 11.3 Å². The Hall–Kier alpha value is -2.94. The maximum absolute atomic E-state index is 12.2. The standard InChI is InChI=1S/C19H16N2O/c1-14-6-5-9-17(12-14)21-19(22)16-10-11-18(20-13-16)15-7-3-2-4-8-15/h2-13H,1H3,(H,21,22). The Labute approximate surface area is 129 Å². The van der Waals surface area contributed by atoms with Gasteiger partial charge < -0.3 is 5.32 Å². The summed E-state index contributed by atoms with van der Waals surface area (Å²) in [6.45, 7) is 1.99. The number of aryl methyl sites for hydroxylation is 1. The van der Waals surface area contributed by atoms with Gasteiger partial charge in [-0.2, -0.15) is 0 Å². The van der Waals surface area contributed by atoms with E-state index in [4.69, 9.17) is 0 Å². The molecule has 1 aromatic heterocycles. The van der Waals surface area contributed by atoms with E-state index in [9.17, 15) is 4.79 Å². The molecule has 22 heavy (non-hydrogen) atoms. The third-order valence-corrected chi connectivity index (χ3v) is 3.37. The molecule has 3 rings (SSSR count). The summed E-state index contributed by atoms with van der Waals surface area (Å²) in [6.07, 6.45) is 1.60. The van der Waals surface area contributed by atoms with Gasteiger partial charge in [-0.1, -0.05) is 42.5 Å². The summed E-state index contributed by atoms with van der Waals surface area (Å²) in [7, 11) is 0. The minimum absolute atomic E-state index is 0.155. The highest BCUT2D eigenvalue weighted by Crippen LogP contribution is 2.17. The van der Waals surface area contributed by atoms with Crippen molar-refractivity contribution in [1.29, 1.82) is 0 Å². The molecule has 0 radical (unpaired) electrons. The molecule has 108 valence electrons. The van der Waals surface area contributed by atoms with Crippen LogP contribution in [0, 0.1) is 6.92 Å². The van der Waals surface area contributed by atoms with Crippen molar-refractivity contribution in [2.75, 3.05) is 5.32 Å². The number of anilines is 1. The van der Waals surface area contributed by atoms with E-state index in [0.29, 0.717) is 5.56 Å². The van der Waals surface area contributed by atoms with Crippen molar-refractivity contribution in [2.45, 2.75) is 6.92 Å². The first-order valence-electron chi connectivity index (χ1n) is 7.12. The Morgan fingerprint density at radius 3 is 2.45 bits per heavy atom. The van der Waals surface area contributed by atoms with Crippen LogP contribution in [0.2, 0.25) is 0 Å². The molecular weight excluding hydrogens is 272 g/mol. The Morgan fingerprint density at radius 1 is 0.955 bits per heavy atom. The third kappa shape index (κ3) is 3.20. The number of pyridine rings is 1. The van der Waals surface area contributed by atoms with E-state index in [0.717, 1.165) is 22.5 Å². The highest BCUT2D eigenvalue weighted by atomic mass is 16.1. The van der Waals surface area contributed by atoms with Crippen molar-refractivity contribution in [3.8, 4) is 11.3 Å². The largest absolute Gasteiger partial charge is 0.322 e. The first-order valence-corrected chi connectivity index (χ1v) is 7.12. The fraction of sp³-hybridized carbons (Fsp3) is 0.0526. The van der Waals surface area contributed by atoms with E-state index in [-0.39, 0.29) is 5.91 Å². The summed E-state index contributed by atoms with van der Waals surface area (Å²) in [5.41, 5.74) is 4.33. The van der Waals surface area contributed by atoms with Crippen LogP contribution in [0.3, 0.4) is 0 Å². The van der Waals surface area contributed by atoms with Gasteiger partial charge in [0.2, 0.25) is 0 Å². The van der Waals surface area contributed by atoms with E-state index in [2.05, 4.69) is 10.3 Å². The average molecular weight is 288 g/mol. The highest BCUT2D eigenvalue weighted by Gasteiger charge is 2.07. The Balaban J connectivity index is 1.76. The van der Waals surface area contributed by atoms with Crippen LogP contribution in [0.15, 0.2) is 72.9 Å². The van der Waals surface area contributed by atoms with E-state index < -0.39 is 0 Å². The molecule has 1 N–H and O–H groups in total. The Morgan fingerprint density at radius 2 is 1.77 bits per heavy atom. The van der Waals surface area contributed by atoms with Crippen LogP contribution in [0.1, 0.15) is 15.9 Å². The van der Waals surface area contributed by atoms with Crippen molar-refractivity contribution >= 4 is 11.6 Å². The predicted molar refractivity (Wildman–Crippen MR) is 88.8 cm³/mol. The fourth-order valence-electron chi connectivity index (χ4n) is 2.23. The predicted octanol–water partition coefficient (Wildman–Crippen LogP) is 4.31. The highest BCUT2D eigenvalue weighted by molar-refractivity contribution is 6.04. The second-order valence-electron chi connectivity index (χ2n) is 5.12. The lowest BCUT2D eigenvalue weighted by atomic mass is 10.1. The van der Waals surface area contributed by atoms with Gasteiger partial charge >= 0.3 is 0 Å². The van der Waals surface area contributed by atoms with Gasteiger partial charge in [0, 0.05) is 17.4 Å². The molecule has 1 amide bonds. The maximum atomic E-state index is 12.2. The molecule has 0 unspecified atom stereocenters. The summed E-state index contributed by atoms with van der Waals surface area (Å²) < 4.78 is 0. The zero-order valence-corrected chi connectivity index (χ0v) is 12.3. The number of benzene rings is 2. The van der Waals surface area contributed by atoms with Gasteiger partial charge in [0.1, 0.15) is 0 Å². The zero-order valence-electron chi connectivity index (χ0n) is 12.3. The normalized spacial score (nSPS) is 10.2. The lowest BCUT2D eigenvalue weighted by Gasteiger charge is -2.06. The number of rotatable bonds is 3. The number of hydrogen-bond acceptors (Lipinski definition) is 2. The minimum atomic E-state index is -0.155. The summed E-state index contributed by atoms with van der Waals surface area (Å²) in [5.74, 6) is -0.155. The summed E-state index contributed by atoms with van der Waals surface area (Å²) in [6, 6.07) is 21.3. The quantitative estimate of drug-likeness (QED) is 0.780. The van der Waals surface area contributed by atoms with Gasteiger partial charge in [-0.15, -0.1) is 0 Å². The minimum Gasteiger partial charge on any atom is -0.322 e. The molecule has 3 heteroatoms. The molecule has 0 saturated heterocycles. The summed E-state index contributed by atoms with van der Waals surface area (Å²) in [5, 5.41) is 2.88. The molecule has 0 saturated carbocycles. The molecule has 0 aliphatic rings. The molecule has 3 aromatic rings. The first kappa shape index (κ1) is 14.0. The zero-order chi connectivity index (χ0) is 15.4. The summed E-state index contributed by atoms with van der Waals surface area (Å²) >= 11 is 0. The lowest BCUT2D eigenvalue weighted by molar-refractivity contribution is 0.102. The van der Waals surface area contributed by atoms with Crippen LogP contribution < -0.4 is 5.32 Å². The van der Waals surface area contributed by atoms with E-state index >= 15 is 0 Å². The molecule has 0 bridgehead atoms. The number of carbonyl (C=O) groups excluding carboxylic acids is 1. The number of aromatic nitrogens is 1. The molecule has 0 aliphatic carbocycles. The van der Waals surface area contributed by atoms with Gasteiger partial charge in [-0.25, -0.2) is 0 Å². The third-order valence-electron chi connectivity index (χ3n) is 3.37. The van der Waals surface area contributed by atoms with E-state index in [1.54, 1.807) is 12.3 Å². The first-order chi connectivity index (χ1) is 10.7. The smallest absolute Gasteiger partial charge is 0.257 e. The number of nitrogens with zero attached hydrogens (tertiary/aromatic N) is 1. The van der Waals surface area contributed by atoms with Crippen molar-refractivity contribution in [3.05, 3.63) is 84.1 Å². The number of carbonyl (C=O) groups is 1. The molecule has 2 aromatic carbocycles. The van der Waals surface area contributed by atoms with Gasteiger partial charge in [0.25, 0.3) is 5.91 Å². The van der Waals surface area contributed by atoms with Crippen LogP contribution >= 0.6 is 0 Å². The average Bonchev–Trinajstić information content (AvgIpc) is 2.56. The number of hydrogen-bond donors (Lipinski definition) is 1. The number of amides is 1. The topological polar surface area (TPSA) is 42.0 Å². The van der Waals surface area contributed by atoms with Gasteiger partial charge in [-0.05, 0) is 36.8 Å². The van der Waals surface area contributed by atoms with Crippen molar-refractivity contribution in [3.63, 3.8) is 0 Å². The second kappa shape index (κ2) is 6.22. The molecule has 0 spiro atoms. The van der Waals surface area contributed by atoms with Crippen molar-refractivity contribution in [2.24, 2.45) is 0 Å². The SMILES string of the molecule is Cc1cccc(NC(=O)c2ccc(-c3ccccc3)nc2)c1. The molecule has 0 atom stereocenters. The van der Waals surface area contributed by atoms with Crippen LogP contribution in [0.5, 0.6) is 0 Å². The van der Waals surface area contributed by atoms with Crippen molar-refractivity contribution < 1.29 is 4.79 Å². The maximum Gasteiger partial charge on any atom is 0.257 e. The van der Waals surface area contributed by atoms with Crippen LogP contribution in [-0.2, 0) is 0 Å². The fourth-order valence-corrected chi connectivity index (χ4v) is 2.23. The molecular formula is C19H16N2O. The van der Waals surface area contributed by atoms with Crippen molar-refractivity contribution in [1.82, 2.24) is 4.98 Å². The summed E-state index contributed by atoms with van der Waals surface area (Å²) in [4.78, 5) is 16.6. The van der Waals surface area contributed by atoms with Crippen LogP contribution in [0.4, 0.5) is 5.69 Å². The monoisotopic (exact) mass is 288 g/mol. The van der Waals surface area contributed by atoms with Crippen LogP contribution in [-0.4, -0.2) is 10.9 Å². The Kier molecular flexibility index (Phi) is 3.97. The Bertz CT molecular complexity index is 780. The van der Waals surface area contributed by atoms with E-state index in [1.165, 1.54) is 0 Å². The van der Waals surface area contributed by atoms with Gasteiger partial charge in [-0.3, -0.25) is 9.78 Å². The second-order valence-corrected chi connectivity index (χ2v) is 5.12. The molecule has 0 fully saturated rings. The van der Waals surface area contributed by atoms with Crippen LogP contribution in [0.25, 0.3) is 11.3 Å². The molecule has 1 heterocycles. The number of nitrogens with one attached hydrogen (secondary N) is 1. The lowest BCUT2D eigenvalue weighted by Crippen LogP contribution is -2.12. The van der Waals surface area contributed by atoms with Gasteiger partial charge in [0.15, 0.2) is 0 Å². The van der Waals surface area contributed by atoms with E-state index in [1.807, 2.05) is 67.6 Å². The molecule has 0 aliphatic heterocycles.